The van der Waals surface area contributed by atoms with Crippen LogP contribution in [0.1, 0.15) is 45.9 Å². The Balaban J connectivity index is 1.37. The number of methoxy groups -OCH3 is 1. The van der Waals surface area contributed by atoms with Crippen LogP contribution in [0.4, 0.5) is 0 Å². The number of ether oxygens (including phenoxy) is 1. The molecule has 1 amide bonds. The zero-order chi connectivity index (χ0) is 26.9. The van der Waals surface area contributed by atoms with Gasteiger partial charge in [-0.1, -0.05) is 12.1 Å². The molecule has 1 aliphatic rings. The summed E-state index contributed by atoms with van der Waals surface area (Å²) in [6.07, 6.45) is 7.14. The Labute approximate surface area is 222 Å². The number of benzene rings is 2. The maximum absolute atomic E-state index is 12.8. The molecule has 0 atom stereocenters. The quantitative estimate of drug-likeness (QED) is 0.332. The van der Waals surface area contributed by atoms with Crippen molar-refractivity contribution in [1.29, 1.82) is 0 Å². The summed E-state index contributed by atoms with van der Waals surface area (Å²) in [4.78, 5) is 21.9. The van der Waals surface area contributed by atoms with E-state index in [2.05, 4.69) is 33.5 Å². The molecule has 194 valence electrons. The molecule has 2 heterocycles. The van der Waals surface area contributed by atoms with Crippen molar-refractivity contribution in [2.75, 3.05) is 13.4 Å². The molecule has 1 saturated carbocycles. The maximum atomic E-state index is 12.8. The Kier molecular flexibility index (Phi) is 6.99. The van der Waals surface area contributed by atoms with Crippen molar-refractivity contribution >= 4 is 15.7 Å². The summed E-state index contributed by atoms with van der Waals surface area (Å²) in [7, 11) is -1.77. The lowest BCUT2D eigenvalue weighted by Gasteiger charge is -2.12. The number of hydrogen-bond acceptors (Lipinski definition) is 6. The number of sulfone groups is 1. The molecular weight excluding hydrogens is 498 g/mol. The van der Waals surface area contributed by atoms with E-state index in [1.807, 2.05) is 30.5 Å². The monoisotopic (exact) mass is 527 g/mol. The highest BCUT2D eigenvalue weighted by Gasteiger charge is 2.24. The van der Waals surface area contributed by atoms with E-state index in [9.17, 15) is 13.2 Å². The van der Waals surface area contributed by atoms with Crippen LogP contribution >= 0.6 is 0 Å². The number of rotatable bonds is 8. The van der Waals surface area contributed by atoms with Crippen LogP contribution in [0.5, 0.6) is 5.75 Å². The molecular formula is C30H29N3O4S. The van der Waals surface area contributed by atoms with E-state index < -0.39 is 9.84 Å². The van der Waals surface area contributed by atoms with Crippen LogP contribution in [0.3, 0.4) is 0 Å². The van der Waals surface area contributed by atoms with E-state index in [1.54, 1.807) is 32.4 Å². The second-order valence-corrected chi connectivity index (χ2v) is 11.6. The Morgan fingerprint density at radius 3 is 2.47 bits per heavy atom. The van der Waals surface area contributed by atoms with Gasteiger partial charge in [-0.05, 0) is 96.5 Å². The van der Waals surface area contributed by atoms with Crippen molar-refractivity contribution in [3.8, 4) is 28.1 Å². The van der Waals surface area contributed by atoms with Gasteiger partial charge < -0.3 is 10.1 Å². The van der Waals surface area contributed by atoms with E-state index in [0.29, 0.717) is 17.2 Å². The van der Waals surface area contributed by atoms with Gasteiger partial charge in [-0.25, -0.2) is 8.42 Å². The third-order valence-corrected chi connectivity index (χ3v) is 7.98. The van der Waals surface area contributed by atoms with Gasteiger partial charge in [0.05, 0.1) is 29.9 Å². The zero-order valence-corrected chi connectivity index (χ0v) is 22.4. The highest BCUT2D eigenvalue weighted by molar-refractivity contribution is 7.90. The van der Waals surface area contributed by atoms with Crippen LogP contribution in [-0.2, 0) is 16.4 Å². The van der Waals surface area contributed by atoms with Gasteiger partial charge in [0, 0.05) is 29.8 Å². The lowest BCUT2D eigenvalue weighted by Crippen LogP contribution is -2.23. The fourth-order valence-electron chi connectivity index (χ4n) is 4.52. The van der Waals surface area contributed by atoms with Crippen molar-refractivity contribution in [1.82, 2.24) is 15.3 Å². The third-order valence-electron chi connectivity index (χ3n) is 6.74. The number of amides is 1. The van der Waals surface area contributed by atoms with Crippen molar-refractivity contribution in [3.63, 3.8) is 0 Å². The molecule has 1 fully saturated rings. The van der Waals surface area contributed by atoms with Gasteiger partial charge in [0.15, 0.2) is 9.84 Å². The van der Waals surface area contributed by atoms with E-state index in [4.69, 9.17) is 4.74 Å². The summed E-state index contributed by atoms with van der Waals surface area (Å²) < 4.78 is 29.7. The van der Waals surface area contributed by atoms with E-state index in [0.717, 1.165) is 34.4 Å². The lowest BCUT2D eigenvalue weighted by molar-refractivity contribution is 0.0950. The molecule has 2 aromatic carbocycles. The van der Waals surface area contributed by atoms with Gasteiger partial charge >= 0.3 is 0 Å². The minimum Gasteiger partial charge on any atom is -0.496 e. The molecule has 0 saturated heterocycles. The molecule has 0 bridgehead atoms. The van der Waals surface area contributed by atoms with E-state index in [-0.39, 0.29) is 22.9 Å². The van der Waals surface area contributed by atoms with Crippen LogP contribution < -0.4 is 10.1 Å². The van der Waals surface area contributed by atoms with Crippen LogP contribution in [0.2, 0.25) is 0 Å². The zero-order valence-electron chi connectivity index (χ0n) is 21.6. The number of pyridine rings is 2. The van der Waals surface area contributed by atoms with Crippen molar-refractivity contribution in [2.24, 2.45) is 0 Å². The van der Waals surface area contributed by atoms with Crippen molar-refractivity contribution in [3.05, 3.63) is 95.4 Å². The molecule has 2 aromatic heterocycles. The second-order valence-electron chi connectivity index (χ2n) is 9.63. The summed E-state index contributed by atoms with van der Waals surface area (Å²) in [5.41, 5.74) is 6.59. The molecule has 38 heavy (non-hydrogen) atoms. The molecule has 0 spiro atoms. The van der Waals surface area contributed by atoms with Crippen LogP contribution in [0.25, 0.3) is 22.4 Å². The van der Waals surface area contributed by atoms with Gasteiger partial charge in [-0.15, -0.1) is 0 Å². The number of nitrogens with zero attached hydrogens (tertiary/aromatic N) is 2. The van der Waals surface area contributed by atoms with Gasteiger partial charge in [0.1, 0.15) is 5.75 Å². The SMILES string of the molecule is COc1ccc(-c2ccnc(CNC(=O)c3ccc(C)c(S(C)(=O)=O)c3)c2)cc1-c1cc(C2CC2)ccn1. The summed E-state index contributed by atoms with van der Waals surface area (Å²) in [5.74, 6) is 1.01. The maximum Gasteiger partial charge on any atom is 0.251 e. The number of aryl methyl sites for hydroxylation is 1. The summed E-state index contributed by atoms with van der Waals surface area (Å²) in [6.45, 7) is 1.90. The first-order valence-corrected chi connectivity index (χ1v) is 14.3. The van der Waals surface area contributed by atoms with Gasteiger partial charge in [-0.2, -0.15) is 0 Å². The summed E-state index contributed by atoms with van der Waals surface area (Å²) >= 11 is 0. The summed E-state index contributed by atoms with van der Waals surface area (Å²) in [5, 5.41) is 2.84. The smallest absolute Gasteiger partial charge is 0.251 e. The standard InChI is InChI=1S/C30H29N3O4S/c1-19-4-5-24(17-29(19)38(3,35)36)30(34)33-18-25-14-22(10-12-31-25)21-8-9-28(37-2)26(15-21)27-16-23(11-13-32-27)20-6-7-20/h4-5,8-17,20H,6-7,18H2,1-3H3,(H,33,34). The Morgan fingerprint density at radius 2 is 1.74 bits per heavy atom. The average Bonchev–Trinajstić information content (AvgIpc) is 3.77. The largest absolute Gasteiger partial charge is 0.496 e. The number of nitrogens with one attached hydrogen (secondary N) is 1. The molecule has 0 aliphatic heterocycles. The van der Waals surface area contributed by atoms with Crippen molar-refractivity contribution < 1.29 is 17.9 Å². The Bertz CT molecular complexity index is 1630. The predicted octanol–water partition coefficient (Wildman–Crippen LogP) is 5.34. The van der Waals surface area contributed by atoms with Crippen molar-refractivity contribution in [2.45, 2.75) is 37.1 Å². The second kappa shape index (κ2) is 10.4. The predicted molar refractivity (Wildman–Crippen MR) is 147 cm³/mol. The molecule has 0 unspecified atom stereocenters. The fourth-order valence-corrected chi connectivity index (χ4v) is 5.51. The highest BCUT2D eigenvalue weighted by Crippen LogP contribution is 2.42. The van der Waals surface area contributed by atoms with Gasteiger partial charge in [-0.3, -0.25) is 14.8 Å². The number of hydrogen-bond donors (Lipinski definition) is 1. The van der Waals surface area contributed by atoms with Crippen LogP contribution in [-0.4, -0.2) is 37.7 Å². The first-order chi connectivity index (χ1) is 18.2. The Morgan fingerprint density at radius 1 is 0.974 bits per heavy atom. The summed E-state index contributed by atoms with van der Waals surface area (Å²) in [6, 6.07) is 18.7. The molecule has 1 aliphatic carbocycles. The van der Waals surface area contributed by atoms with E-state index in [1.165, 1.54) is 24.5 Å². The molecule has 7 nitrogen and oxygen atoms in total. The van der Waals surface area contributed by atoms with E-state index >= 15 is 0 Å². The molecule has 0 radical (unpaired) electrons. The first-order valence-electron chi connectivity index (χ1n) is 12.4. The van der Waals surface area contributed by atoms with Crippen LogP contribution in [0, 0.1) is 6.92 Å². The number of aromatic nitrogens is 2. The fraction of sp³-hybridized carbons (Fsp3) is 0.233. The normalized spacial score (nSPS) is 13.2. The molecule has 4 aromatic rings. The minimum atomic E-state index is -3.43. The topological polar surface area (TPSA) is 98.2 Å². The average molecular weight is 528 g/mol. The number of carbonyl (C=O) groups excluding carboxylic acids is 1. The Hall–Kier alpha value is -4.04. The van der Waals surface area contributed by atoms with Gasteiger partial charge in [0.2, 0.25) is 0 Å². The van der Waals surface area contributed by atoms with Crippen LogP contribution in [0.15, 0.2) is 78.0 Å². The third kappa shape index (κ3) is 5.60. The highest BCUT2D eigenvalue weighted by atomic mass is 32.2. The molecule has 1 N–H and O–H groups in total. The first kappa shape index (κ1) is 25.6. The minimum absolute atomic E-state index is 0.151. The molecule has 8 heteroatoms. The molecule has 5 rings (SSSR count). The number of carbonyl (C=O) groups is 1. The lowest BCUT2D eigenvalue weighted by atomic mass is 9.99. The van der Waals surface area contributed by atoms with Gasteiger partial charge in [0.25, 0.3) is 5.91 Å².